The third-order valence-corrected chi connectivity index (χ3v) is 17.9. The lowest BCUT2D eigenvalue weighted by molar-refractivity contribution is -0.359. The van der Waals surface area contributed by atoms with Crippen molar-refractivity contribution >= 4 is 5.91 Å². The molecular formula is C71H135NO13. The Morgan fingerprint density at radius 2 is 0.753 bits per heavy atom. The molecule has 0 aromatic rings. The van der Waals surface area contributed by atoms with Gasteiger partial charge < -0.3 is 65.1 Å². The molecule has 2 rings (SSSR count). The molecule has 12 unspecified atom stereocenters. The van der Waals surface area contributed by atoms with Crippen molar-refractivity contribution in [3.05, 3.63) is 24.3 Å². The predicted octanol–water partition coefficient (Wildman–Crippen LogP) is 14.7. The van der Waals surface area contributed by atoms with Crippen molar-refractivity contribution in [2.75, 3.05) is 19.8 Å². The van der Waals surface area contributed by atoms with Crippen molar-refractivity contribution in [1.29, 1.82) is 0 Å². The van der Waals surface area contributed by atoms with Gasteiger partial charge in [0.2, 0.25) is 5.91 Å². The average molecular weight is 1210 g/mol. The molecule has 0 aromatic heterocycles. The van der Waals surface area contributed by atoms with Gasteiger partial charge in [0.15, 0.2) is 12.6 Å². The minimum atomic E-state index is -1.79. The zero-order valence-electron chi connectivity index (χ0n) is 54.6. The van der Waals surface area contributed by atoms with E-state index in [0.29, 0.717) is 12.8 Å². The molecule has 0 aliphatic carbocycles. The van der Waals surface area contributed by atoms with E-state index >= 15 is 0 Å². The number of carbonyl (C=O) groups is 1. The van der Waals surface area contributed by atoms with E-state index in [0.717, 1.165) is 32.1 Å². The first-order valence-corrected chi connectivity index (χ1v) is 36.1. The van der Waals surface area contributed by atoms with Gasteiger partial charge in [-0.15, -0.1) is 0 Å². The molecule has 2 aliphatic rings. The quantitative estimate of drug-likeness (QED) is 0.0204. The number of amides is 1. The van der Waals surface area contributed by atoms with Gasteiger partial charge in [-0.2, -0.15) is 0 Å². The molecule has 0 radical (unpaired) electrons. The number of aliphatic hydroxyl groups excluding tert-OH is 8. The third kappa shape index (κ3) is 40.8. The van der Waals surface area contributed by atoms with Crippen LogP contribution in [0.3, 0.4) is 0 Å². The summed E-state index contributed by atoms with van der Waals surface area (Å²) >= 11 is 0. The largest absolute Gasteiger partial charge is 0.394 e. The molecule has 2 saturated heterocycles. The summed E-state index contributed by atoms with van der Waals surface area (Å²) in [6, 6.07) is -0.929. The maximum absolute atomic E-state index is 13.3. The maximum Gasteiger partial charge on any atom is 0.220 e. The van der Waals surface area contributed by atoms with Crippen LogP contribution in [0.4, 0.5) is 0 Å². The minimum Gasteiger partial charge on any atom is -0.394 e. The number of ether oxygens (including phenoxy) is 4. The Labute approximate surface area is 519 Å². The van der Waals surface area contributed by atoms with Gasteiger partial charge in [0.1, 0.15) is 48.8 Å². The molecule has 0 saturated carbocycles. The lowest BCUT2D eigenvalue weighted by Crippen LogP contribution is -2.65. The Balaban J connectivity index is 1.63. The fourth-order valence-electron chi connectivity index (χ4n) is 12.1. The van der Waals surface area contributed by atoms with Gasteiger partial charge in [-0.3, -0.25) is 4.79 Å². The number of carbonyl (C=O) groups excluding carboxylic acids is 1. The first-order valence-electron chi connectivity index (χ1n) is 36.1. The monoisotopic (exact) mass is 1210 g/mol. The van der Waals surface area contributed by atoms with Gasteiger partial charge in [0.25, 0.3) is 0 Å². The van der Waals surface area contributed by atoms with Crippen molar-refractivity contribution in [2.24, 2.45) is 0 Å². The number of nitrogens with one attached hydrogen (secondary N) is 1. The van der Waals surface area contributed by atoms with Gasteiger partial charge in [0, 0.05) is 6.42 Å². The van der Waals surface area contributed by atoms with Crippen LogP contribution in [0.25, 0.3) is 0 Å². The van der Waals surface area contributed by atoms with Crippen LogP contribution in [-0.2, 0) is 23.7 Å². The molecule has 12 atom stereocenters. The Hall–Kier alpha value is -1.53. The normalized spacial score (nSPS) is 23.6. The molecular weight excluding hydrogens is 1070 g/mol. The predicted molar refractivity (Wildman–Crippen MR) is 346 cm³/mol. The Morgan fingerprint density at radius 1 is 0.412 bits per heavy atom. The highest BCUT2D eigenvalue weighted by molar-refractivity contribution is 5.76. The highest BCUT2D eigenvalue weighted by Crippen LogP contribution is 2.30. The van der Waals surface area contributed by atoms with Crippen LogP contribution >= 0.6 is 0 Å². The van der Waals surface area contributed by atoms with E-state index in [1.807, 2.05) is 6.08 Å². The van der Waals surface area contributed by atoms with Crippen LogP contribution in [0.15, 0.2) is 24.3 Å². The van der Waals surface area contributed by atoms with Gasteiger partial charge in [-0.05, 0) is 32.1 Å². The average Bonchev–Trinajstić information content (AvgIpc) is 3.52. The summed E-state index contributed by atoms with van der Waals surface area (Å²) in [5.41, 5.74) is 0. The van der Waals surface area contributed by atoms with E-state index in [1.165, 1.54) is 263 Å². The fraction of sp³-hybridized carbons (Fsp3) is 0.930. The number of rotatable bonds is 60. The molecule has 85 heavy (non-hydrogen) atoms. The summed E-state index contributed by atoms with van der Waals surface area (Å²) < 4.78 is 22.8. The third-order valence-electron chi connectivity index (χ3n) is 17.9. The Kier molecular flexibility index (Phi) is 52.8. The minimum absolute atomic E-state index is 0.242. The van der Waals surface area contributed by atoms with Crippen molar-refractivity contribution in [3.63, 3.8) is 0 Å². The molecule has 2 heterocycles. The highest BCUT2D eigenvalue weighted by Gasteiger charge is 2.51. The number of aliphatic hydroxyl groups is 8. The molecule has 9 N–H and O–H groups in total. The second-order valence-electron chi connectivity index (χ2n) is 25.7. The second kappa shape index (κ2) is 56.5. The van der Waals surface area contributed by atoms with Crippen LogP contribution in [0.2, 0.25) is 0 Å². The molecule has 2 fully saturated rings. The molecule has 14 heteroatoms. The molecule has 502 valence electrons. The van der Waals surface area contributed by atoms with Crippen LogP contribution in [0.1, 0.15) is 328 Å². The molecule has 14 nitrogen and oxygen atoms in total. The topological polar surface area (TPSA) is 228 Å². The number of allylic oxidation sites excluding steroid dienone is 3. The van der Waals surface area contributed by atoms with Crippen LogP contribution in [-0.4, -0.2) is 140 Å². The first-order chi connectivity index (χ1) is 41.6. The Bertz CT molecular complexity index is 1520. The number of unbranched alkanes of at least 4 members (excludes halogenated alkanes) is 45. The van der Waals surface area contributed by atoms with E-state index in [9.17, 15) is 45.6 Å². The van der Waals surface area contributed by atoms with Gasteiger partial charge in [-0.1, -0.05) is 314 Å². The molecule has 1 amide bonds. The Morgan fingerprint density at radius 3 is 1.15 bits per heavy atom. The van der Waals surface area contributed by atoms with Gasteiger partial charge >= 0.3 is 0 Å². The molecule has 0 spiro atoms. The zero-order valence-corrected chi connectivity index (χ0v) is 54.6. The lowest BCUT2D eigenvalue weighted by Gasteiger charge is -2.46. The van der Waals surface area contributed by atoms with E-state index in [-0.39, 0.29) is 18.9 Å². The molecule has 2 aliphatic heterocycles. The SMILES string of the molecule is CCCCCCCCCCCCCC/C=C/CC/C=C/C(O)C(COC1OC(CO)C(OC2OC(CO)C(O)C(O)C2O)C(O)C1O)NC(=O)CCCCCCCCCCCCCCCCCCCCCCCCCCCCCCCCCCC. The standard InChI is InChI=1S/C71H135NO13/c1-3-5-7-9-11-13-15-17-19-21-23-24-25-26-27-28-29-30-31-32-33-34-35-36-37-39-41-43-45-47-49-51-53-55-63(76)72-59(60(75)54-52-50-48-46-44-42-40-38-22-20-18-16-14-12-10-8-6-4-2)58-82-70-68(81)66(79)69(62(57-74)84-70)85-71-67(80)65(78)64(77)61(56-73)83-71/h44,46,52,54,59-62,64-71,73-75,77-81H,3-43,45,47-51,53,55-58H2,1-2H3,(H,72,76)/b46-44+,54-52+. The number of hydrogen-bond acceptors (Lipinski definition) is 13. The van der Waals surface area contributed by atoms with E-state index in [4.69, 9.17) is 18.9 Å². The maximum atomic E-state index is 13.3. The van der Waals surface area contributed by atoms with Crippen molar-refractivity contribution in [3.8, 4) is 0 Å². The van der Waals surface area contributed by atoms with Crippen LogP contribution in [0.5, 0.6) is 0 Å². The molecule has 0 bridgehead atoms. The van der Waals surface area contributed by atoms with Gasteiger partial charge in [0.05, 0.1) is 32.0 Å². The number of hydrogen-bond donors (Lipinski definition) is 9. The fourth-order valence-corrected chi connectivity index (χ4v) is 12.1. The summed E-state index contributed by atoms with van der Waals surface area (Å²) in [7, 11) is 0. The summed E-state index contributed by atoms with van der Waals surface area (Å²) in [5.74, 6) is -0.242. The van der Waals surface area contributed by atoms with Gasteiger partial charge in [-0.25, -0.2) is 0 Å². The molecule has 0 aromatic carbocycles. The highest BCUT2D eigenvalue weighted by atomic mass is 16.7. The van der Waals surface area contributed by atoms with Crippen molar-refractivity contribution in [2.45, 2.75) is 402 Å². The summed E-state index contributed by atoms with van der Waals surface area (Å²) in [4.78, 5) is 13.3. The summed E-state index contributed by atoms with van der Waals surface area (Å²) in [6.07, 6.45) is 54.0. The zero-order chi connectivity index (χ0) is 61.6. The van der Waals surface area contributed by atoms with E-state index < -0.39 is 86.8 Å². The van der Waals surface area contributed by atoms with Crippen molar-refractivity contribution in [1.82, 2.24) is 5.32 Å². The van der Waals surface area contributed by atoms with Crippen LogP contribution in [0, 0.1) is 0 Å². The first kappa shape index (κ1) is 79.6. The van der Waals surface area contributed by atoms with E-state index in [2.05, 4.69) is 31.3 Å². The van der Waals surface area contributed by atoms with Crippen molar-refractivity contribution < 1.29 is 64.6 Å². The van der Waals surface area contributed by atoms with Crippen LogP contribution < -0.4 is 5.32 Å². The summed E-state index contributed by atoms with van der Waals surface area (Å²) in [5, 5.41) is 87.3. The van der Waals surface area contributed by atoms with E-state index in [1.54, 1.807) is 6.08 Å². The smallest absolute Gasteiger partial charge is 0.220 e. The summed E-state index contributed by atoms with van der Waals surface area (Å²) in [6.45, 7) is 2.83. The lowest BCUT2D eigenvalue weighted by atomic mass is 9.97. The second-order valence-corrected chi connectivity index (χ2v) is 25.7.